The zero-order chi connectivity index (χ0) is 13.5. The topological polar surface area (TPSA) is 42.2 Å². The summed E-state index contributed by atoms with van der Waals surface area (Å²) in [6.07, 6.45) is 4.83. The fourth-order valence-corrected chi connectivity index (χ4v) is 2.95. The Bertz CT molecular complexity index is 775. The van der Waals surface area contributed by atoms with Gasteiger partial charge >= 0.3 is 0 Å². The molecule has 1 aliphatic rings. The van der Waals surface area contributed by atoms with E-state index in [9.17, 15) is 0 Å². The second-order valence-corrected chi connectivity index (χ2v) is 5.37. The Morgan fingerprint density at radius 1 is 1.35 bits per heavy atom. The number of rotatable bonds is 3. The van der Waals surface area contributed by atoms with Crippen LogP contribution in [0.1, 0.15) is 22.7 Å². The molecule has 0 amide bonds. The molecular formula is C16H16N4. The lowest BCUT2D eigenvalue weighted by Gasteiger charge is -2.30. The van der Waals surface area contributed by atoms with E-state index >= 15 is 0 Å². The highest BCUT2D eigenvalue weighted by molar-refractivity contribution is 5.67. The van der Waals surface area contributed by atoms with Crippen molar-refractivity contribution in [2.24, 2.45) is 0 Å². The molecule has 1 unspecified atom stereocenters. The van der Waals surface area contributed by atoms with E-state index in [4.69, 9.17) is 0 Å². The number of hydrogen-bond donors (Lipinski definition) is 1. The van der Waals surface area contributed by atoms with Crippen LogP contribution in [0.3, 0.4) is 0 Å². The summed E-state index contributed by atoms with van der Waals surface area (Å²) in [5.74, 6) is 1.51. The Morgan fingerprint density at radius 3 is 3.15 bits per heavy atom. The second kappa shape index (κ2) is 4.34. The van der Waals surface area contributed by atoms with Crippen molar-refractivity contribution in [1.29, 1.82) is 0 Å². The molecule has 100 valence electrons. The minimum absolute atomic E-state index is 0.595. The lowest BCUT2D eigenvalue weighted by molar-refractivity contribution is 0.634. The molecule has 0 saturated heterocycles. The Labute approximate surface area is 117 Å². The van der Waals surface area contributed by atoms with Crippen molar-refractivity contribution in [3.8, 4) is 0 Å². The molecule has 1 N–H and O–H groups in total. The van der Waals surface area contributed by atoms with Gasteiger partial charge < -0.3 is 5.32 Å². The van der Waals surface area contributed by atoms with Gasteiger partial charge in [0.05, 0.1) is 5.69 Å². The number of benzene rings is 1. The fourth-order valence-electron chi connectivity index (χ4n) is 2.95. The number of aromatic nitrogens is 3. The molecule has 4 rings (SSSR count). The largest absolute Gasteiger partial charge is 0.368 e. The lowest BCUT2D eigenvalue weighted by Crippen LogP contribution is -2.24. The minimum Gasteiger partial charge on any atom is -0.368 e. The summed E-state index contributed by atoms with van der Waals surface area (Å²) < 4.78 is 1.87. The highest BCUT2D eigenvalue weighted by Gasteiger charge is 2.25. The van der Waals surface area contributed by atoms with Crippen molar-refractivity contribution in [2.75, 3.05) is 11.9 Å². The van der Waals surface area contributed by atoms with Crippen molar-refractivity contribution in [3.05, 3.63) is 59.5 Å². The van der Waals surface area contributed by atoms with E-state index in [1.165, 1.54) is 11.1 Å². The molecule has 0 radical (unpaired) electrons. The summed E-state index contributed by atoms with van der Waals surface area (Å²) in [4.78, 5) is 4.43. The van der Waals surface area contributed by atoms with Gasteiger partial charge in [-0.05, 0) is 30.5 Å². The minimum atomic E-state index is 0.595. The number of anilines is 1. The molecule has 3 aromatic rings. The summed E-state index contributed by atoms with van der Waals surface area (Å²) in [6.45, 7) is 2.92. The maximum absolute atomic E-state index is 4.43. The SMILES string of the molecule is Cc1cc2c(NCC3Cc4ccccc43)nccn2n1. The van der Waals surface area contributed by atoms with E-state index < -0.39 is 0 Å². The monoisotopic (exact) mass is 264 g/mol. The number of nitrogens with one attached hydrogen (secondary N) is 1. The Kier molecular flexibility index (Phi) is 2.49. The summed E-state index contributed by atoms with van der Waals surface area (Å²) in [6, 6.07) is 10.7. The van der Waals surface area contributed by atoms with Gasteiger partial charge in [-0.25, -0.2) is 9.50 Å². The third kappa shape index (κ3) is 1.76. The van der Waals surface area contributed by atoms with Crippen LogP contribution in [0, 0.1) is 6.92 Å². The van der Waals surface area contributed by atoms with E-state index in [-0.39, 0.29) is 0 Å². The maximum atomic E-state index is 4.43. The van der Waals surface area contributed by atoms with Gasteiger partial charge in [0.15, 0.2) is 5.82 Å². The van der Waals surface area contributed by atoms with Crippen molar-refractivity contribution in [2.45, 2.75) is 19.3 Å². The van der Waals surface area contributed by atoms with Crippen molar-refractivity contribution in [1.82, 2.24) is 14.6 Å². The van der Waals surface area contributed by atoms with Crippen LogP contribution in [-0.4, -0.2) is 21.1 Å². The third-order valence-electron chi connectivity index (χ3n) is 3.99. The maximum Gasteiger partial charge on any atom is 0.152 e. The van der Waals surface area contributed by atoms with Gasteiger partial charge in [0.2, 0.25) is 0 Å². The standard InChI is InChI=1S/C16H16N4/c1-11-8-15-16(17-6-7-20(15)19-11)18-10-13-9-12-4-2-3-5-14(12)13/h2-8,13H,9-10H2,1H3,(H,17,18). The van der Waals surface area contributed by atoms with E-state index in [1.54, 1.807) is 6.20 Å². The lowest BCUT2D eigenvalue weighted by atomic mass is 9.77. The molecule has 1 aliphatic carbocycles. The predicted molar refractivity (Wildman–Crippen MR) is 79.1 cm³/mol. The second-order valence-electron chi connectivity index (χ2n) is 5.37. The molecule has 1 aromatic carbocycles. The molecule has 20 heavy (non-hydrogen) atoms. The first-order valence-corrected chi connectivity index (χ1v) is 6.94. The first-order chi connectivity index (χ1) is 9.81. The van der Waals surface area contributed by atoms with Gasteiger partial charge in [-0.2, -0.15) is 5.10 Å². The molecular weight excluding hydrogens is 248 g/mol. The summed E-state index contributed by atoms with van der Waals surface area (Å²) >= 11 is 0. The van der Waals surface area contributed by atoms with Crippen molar-refractivity contribution in [3.63, 3.8) is 0 Å². The summed E-state index contributed by atoms with van der Waals surface area (Å²) in [5, 5.41) is 7.88. The van der Waals surface area contributed by atoms with E-state index in [0.29, 0.717) is 5.92 Å². The molecule has 2 heterocycles. The zero-order valence-corrected chi connectivity index (χ0v) is 11.4. The van der Waals surface area contributed by atoms with Crippen LogP contribution in [0.25, 0.3) is 5.52 Å². The Balaban J connectivity index is 1.55. The molecule has 0 fully saturated rings. The number of nitrogens with zero attached hydrogens (tertiary/aromatic N) is 3. The number of hydrogen-bond acceptors (Lipinski definition) is 3. The van der Waals surface area contributed by atoms with Crippen LogP contribution in [-0.2, 0) is 6.42 Å². The van der Waals surface area contributed by atoms with Crippen LogP contribution >= 0.6 is 0 Å². The zero-order valence-electron chi connectivity index (χ0n) is 11.4. The smallest absolute Gasteiger partial charge is 0.152 e. The van der Waals surface area contributed by atoms with Gasteiger partial charge in [-0.15, -0.1) is 0 Å². The first-order valence-electron chi connectivity index (χ1n) is 6.94. The molecule has 4 nitrogen and oxygen atoms in total. The summed E-state index contributed by atoms with van der Waals surface area (Å²) in [5.41, 5.74) is 5.00. The van der Waals surface area contributed by atoms with Gasteiger partial charge in [0.25, 0.3) is 0 Å². The predicted octanol–water partition coefficient (Wildman–Crippen LogP) is 2.79. The van der Waals surface area contributed by atoms with Gasteiger partial charge in [-0.1, -0.05) is 24.3 Å². The van der Waals surface area contributed by atoms with Crippen LogP contribution in [0.2, 0.25) is 0 Å². The van der Waals surface area contributed by atoms with Crippen LogP contribution in [0.15, 0.2) is 42.7 Å². The van der Waals surface area contributed by atoms with E-state index in [2.05, 4.69) is 45.7 Å². The molecule has 2 aromatic heterocycles. The van der Waals surface area contributed by atoms with Gasteiger partial charge in [0.1, 0.15) is 5.52 Å². The van der Waals surface area contributed by atoms with E-state index in [0.717, 1.165) is 30.0 Å². The Hall–Kier alpha value is -2.36. The molecule has 0 bridgehead atoms. The average molecular weight is 264 g/mol. The molecule has 0 saturated carbocycles. The van der Waals surface area contributed by atoms with Gasteiger partial charge in [0, 0.05) is 24.9 Å². The normalized spacial score (nSPS) is 16.8. The molecule has 0 spiro atoms. The number of fused-ring (bicyclic) bond motifs is 2. The highest BCUT2D eigenvalue weighted by Crippen LogP contribution is 2.34. The van der Waals surface area contributed by atoms with Gasteiger partial charge in [-0.3, -0.25) is 0 Å². The van der Waals surface area contributed by atoms with Crippen LogP contribution < -0.4 is 5.32 Å². The summed E-state index contributed by atoms with van der Waals surface area (Å²) in [7, 11) is 0. The third-order valence-corrected chi connectivity index (χ3v) is 3.99. The van der Waals surface area contributed by atoms with Crippen LogP contribution in [0.5, 0.6) is 0 Å². The van der Waals surface area contributed by atoms with E-state index in [1.807, 2.05) is 17.6 Å². The molecule has 1 atom stereocenters. The first kappa shape index (κ1) is 11.5. The average Bonchev–Trinajstić information content (AvgIpc) is 2.81. The molecule has 0 aliphatic heterocycles. The van der Waals surface area contributed by atoms with Crippen molar-refractivity contribution >= 4 is 11.3 Å². The quantitative estimate of drug-likeness (QED) is 0.791. The highest BCUT2D eigenvalue weighted by atomic mass is 15.2. The Morgan fingerprint density at radius 2 is 2.25 bits per heavy atom. The number of aryl methyl sites for hydroxylation is 1. The van der Waals surface area contributed by atoms with Crippen molar-refractivity contribution < 1.29 is 0 Å². The fraction of sp³-hybridized carbons (Fsp3) is 0.250. The van der Waals surface area contributed by atoms with Crippen LogP contribution in [0.4, 0.5) is 5.82 Å². The molecule has 4 heteroatoms.